The Balaban J connectivity index is 0.000000324. The lowest BCUT2D eigenvalue weighted by Gasteiger charge is -2.40. The Kier molecular flexibility index (Phi) is 15.9. The van der Waals surface area contributed by atoms with E-state index in [0.29, 0.717) is 42.1 Å². The number of hydrogen-bond donors (Lipinski definition) is 1. The Morgan fingerprint density at radius 1 is 0.844 bits per heavy atom. The zero-order valence-electron chi connectivity index (χ0n) is 24.8. The summed E-state index contributed by atoms with van der Waals surface area (Å²) in [5, 5.41) is 10.4. The molecule has 0 spiro atoms. The second kappa shape index (κ2) is 20.5. The topological polar surface area (TPSA) is 101 Å². The molecule has 1 saturated heterocycles. The second-order valence-electron chi connectivity index (χ2n) is 8.00. The van der Waals surface area contributed by atoms with Crippen LogP contribution >= 0.6 is 11.6 Å². The van der Waals surface area contributed by atoms with Gasteiger partial charge in [-0.1, -0.05) is 11.8 Å². The fourth-order valence-electron chi connectivity index (χ4n) is 3.52. The van der Waals surface area contributed by atoms with Crippen LogP contribution in [0.15, 0.2) is 12.4 Å². The van der Waals surface area contributed by atoms with Crippen molar-refractivity contribution < 1.29 is 19.4 Å². The summed E-state index contributed by atoms with van der Waals surface area (Å²) >= 11 is 6.06. The normalized spacial score (nSPS) is 11.6. The van der Waals surface area contributed by atoms with Crippen LogP contribution in [0.3, 0.4) is 0 Å². The Bertz CT molecular complexity index is 1910. The Labute approximate surface area is 268 Å². The molecule has 3 rings (SSSR count). The Morgan fingerprint density at radius 2 is 1.36 bits per heavy atom. The van der Waals surface area contributed by atoms with Gasteiger partial charge in [-0.2, -0.15) is 4.98 Å². The van der Waals surface area contributed by atoms with Gasteiger partial charge < -0.3 is 19.5 Å². The summed E-state index contributed by atoms with van der Waals surface area (Å²) in [6.45, 7) is 4.47. The number of aliphatic hydroxyl groups is 1. The molecule has 1 atom stereocenters. The molecule has 1 aliphatic heterocycles. The van der Waals surface area contributed by atoms with Crippen molar-refractivity contribution in [3.8, 4) is 112 Å². The first-order valence-corrected chi connectivity index (χ1v) is 13.3. The molecule has 0 bridgehead atoms. The van der Waals surface area contributed by atoms with E-state index in [4.69, 9.17) is 21.1 Å². The number of fused-ring (bicyclic) bond motifs is 1. The number of piperazine rings is 1. The van der Waals surface area contributed by atoms with Crippen molar-refractivity contribution in [2.45, 2.75) is 19.9 Å². The first-order valence-electron chi connectivity index (χ1n) is 12.9. The molecule has 0 unspecified atom stereocenters. The van der Waals surface area contributed by atoms with Crippen molar-refractivity contribution in [3.05, 3.63) is 17.7 Å². The maximum atomic E-state index is 11.8. The van der Waals surface area contributed by atoms with Crippen LogP contribution in [0.4, 0.5) is 10.6 Å². The van der Waals surface area contributed by atoms with Crippen LogP contribution in [0.25, 0.3) is 10.9 Å². The summed E-state index contributed by atoms with van der Waals surface area (Å²) in [5.74, 6) is 46.7. The van der Waals surface area contributed by atoms with Crippen molar-refractivity contribution in [2.75, 3.05) is 45.4 Å². The molecule has 0 aliphatic carbocycles. The first kappa shape index (κ1) is 34.8. The van der Waals surface area contributed by atoms with E-state index < -0.39 is 12.1 Å². The lowest BCUT2D eigenvalue weighted by molar-refractivity contribution is 0.0775. The summed E-state index contributed by atoms with van der Waals surface area (Å²) < 4.78 is 10.2. The van der Waals surface area contributed by atoms with Gasteiger partial charge in [0, 0.05) is 19.6 Å². The van der Waals surface area contributed by atoms with Crippen LogP contribution in [-0.4, -0.2) is 77.6 Å². The molecule has 0 saturated carbocycles. The van der Waals surface area contributed by atoms with Crippen LogP contribution in [0.1, 0.15) is 13.8 Å². The number of hydrogen-bond acceptors (Lipinski definition) is 8. The van der Waals surface area contributed by atoms with E-state index in [1.807, 2.05) is 4.90 Å². The number of anilines is 1. The highest BCUT2D eigenvalue weighted by molar-refractivity contribution is 6.29. The Hall–Kier alpha value is -6.35. The summed E-state index contributed by atoms with van der Waals surface area (Å²) in [4.78, 5) is 27.9. The lowest BCUT2D eigenvalue weighted by Crippen LogP contribution is -2.57. The van der Waals surface area contributed by atoms with Crippen LogP contribution in [0.5, 0.6) is 5.75 Å². The van der Waals surface area contributed by atoms with Gasteiger partial charge >= 0.3 is 6.09 Å². The van der Waals surface area contributed by atoms with Crippen molar-refractivity contribution in [1.82, 2.24) is 19.9 Å². The lowest BCUT2D eigenvalue weighted by atomic mass is 10.1. The number of aliphatic hydroxyl groups excluding tert-OH is 1. The van der Waals surface area contributed by atoms with Gasteiger partial charge in [0.05, 0.1) is 50.2 Å². The maximum absolute atomic E-state index is 11.8. The number of carbonyl (C=O) groups is 1. The van der Waals surface area contributed by atoms with Gasteiger partial charge in [0.25, 0.3) is 0 Å². The summed E-state index contributed by atoms with van der Waals surface area (Å²) in [6, 6.07) is -0.419. The third kappa shape index (κ3) is 11.8. The molecule has 1 fully saturated rings. The van der Waals surface area contributed by atoms with Crippen molar-refractivity contribution in [1.29, 1.82) is 0 Å². The number of ether oxygens (including phenoxy) is 2. The molecular formula is C35H24ClN5O4. The van der Waals surface area contributed by atoms with Gasteiger partial charge in [-0.05, 0) is 120 Å². The molecule has 2 aromatic heterocycles. The number of halogens is 1. The molecule has 3 heterocycles. The largest absolute Gasteiger partial charge is 0.494 e. The van der Waals surface area contributed by atoms with Gasteiger partial charge in [-0.15, -0.1) is 0 Å². The predicted octanol–water partition coefficient (Wildman–Crippen LogP) is 1.99. The van der Waals surface area contributed by atoms with Crippen LogP contribution in [-0.2, 0) is 4.74 Å². The number of amides is 1. The van der Waals surface area contributed by atoms with E-state index in [0.717, 1.165) is 0 Å². The molecule has 220 valence electrons. The average Bonchev–Trinajstić information content (AvgIpc) is 3.07. The highest BCUT2D eigenvalue weighted by atomic mass is 35.5. The number of aromatic nitrogens is 3. The zero-order valence-corrected chi connectivity index (χ0v) is 25.6. The molecule has 0 aromatic carbocycles. The van der Waals surface area contributed by atoms with E-state index in [2.05, 4.69) is 122 Å². The molecule has 45 heavy (non-hydrogen) atoms. The fourth-order valence-corrected chi connectivity index (χ4v) is 3.69. The SMILES string of the molecule is CC#CC#CC#CC#CC#CC#CC#CC#CC#CC.COC(=O)N1CCN(c2nc(Cl)nc3cncc(OC)c23)C[C@@H]1CO. The Morgan fingerprint density at radius 3 is 1.80 bits per heavy atom. The predicted molar refractivity (Wildman–Crippen MR) is 172 cm³/mol. The molecule has 1 aliphatic rings. The second-order valence-corrected chi connectivity index (χ2v) is 8.34. The molecule has 1 N–H and O–H groups in total. The maximum Gasteiger partial charge on any atom is 0.409 e. The van der Waals surface area contributed by atoms with Gasteiger partial charge in [-0.3, -0.25) is 9.88 Å². The highest BCUT2D eigenvalue weighted by Gasteiger charge is 2.32. The van der Waals surface area contributed by atoms with Crippen molar-refractivity contribution in [3.63, 3.8) is 0 Å². The standard InChI is InChI=1S/C20H6.C15H18ClN5O4/c1-3-5-7-9-11-13-15-17-19-20-18-16-14-12-10-8-6-4-2;1-24-11-6-17-5-10-12(11)13(19-14(16)18-10)20-3-4-21(15(23)25-2)9(7-20)8-22/h1-2H3;5-6,9,22H,3-4,7-8H2,1-2H3/t;9-/m.1/s1. The van der Waals surface area contributed by atoms with Gasteiger partial charge in [0.15, 0.2) is 0 Å². The minimum Gasteiger partial charge on any atom is -0.494 e. The minimum atomic E-state index is -0.467. The van der Waals surface area contributed by atoms with Crippen molar-refractivity contribution >= 4 is 34.4 Å². The van der Waals surface area contributed by atoms with Crippen LogP contribution in [0.2, 0.25) is 5.28 Å². The minimum absolute atomic E-state index is 0.0912. The third-order valence-electron chi connectivity index (χ3n) is 5.34. The zero-order chi connectivity index (χ0) is 32.7. The number of nitrogens with zero attached hydrogens (tertiary/aromatic N) is 5. The quantitative estimate of drug-likeness (QED) is 0.415. The van der Waals surface area contributed by atoms with E-state index in [-0.39, 0.29) is 11.9 Å². The van der Waals surface area contributed by atoms with Crippen molar-refractivity contribution in [2.24, 2.45) is 0 Å². The average molecular weight is 614 g/mol. The molecule has 2 aromatic rings. The molecule has 1 amide bonds. The van der Waals surface area contributed by atoms with E-state index >= 15 is 0 Å². The first-order chi connectivity index (χ1) is 22.0. The van der Waals surface area contributed by atoms with E-state index in [9.17, 15) is 9.90 Å². The third-order valence-corrected chi connectivity index (χ3v) is 5.50. The summed E-state index contributed by atoms with van der Waals surface area (Å²) in [5.41, 5.74) is 0.560. The summed E-state index contributed by atoms with van der Waals surface area (Å²) in [6.07, 6.45) is 2.70. The summed E-state index contributed by atoms with van der Waals surface area (Å²) in [7, 11) is 2.86. The van der Waals surface area contributed by atoms with Gasteiger partial charge in [0.1, 0.15) is 11.6 Å². The molecule has 0 radical (unpaired) electrons. The molecular weight excluding hydrogens is 590 g/mol. The van der Waals surface area contributed by atoms with E-state index in [1.54, 1.807) is 33.4 Å². The highest BCUT2D eigenvalue weighted by Crippen LogP contribution is 2.33. The van der Waals surface area contributed by atoms with E-state index in [1.165, 1.54) is 12.0 Å². The van der Waals surface area contributed by atoms with Crippen LogP contribution < -0.4 is 9.64 Å². The number of carbonyl (C=O) groups excluding carboxylic acids is 1. The van der Waals surface area contributed by atoms with Gasteiger partial charge in [0.2, 0.25) is 5.28 Å². The monoisotopic (exact) mass is 613 g/mol. The smallest absolute Gasteiger partial charge is 0.409 e. The van der Waals surface area contributed by atoms with Crippen LogP contribution in [0, 0.1) is 107 Å². The van der Waals surface area contributed by atoms with Gasteiger partial charge in [-0.25, -0.2) is 9.78 Å². The molecule has 10 heteroatoms. The molecule has 9 nitrogen and oxygen atoms in total. The fraction of sp³-hybridized carbons (Fsp3) is 0.257. The number of pyridine rings is 1. The number of methoxy groups -OCH3 is 2. The number of rotatable bonds is 3.